The molecule has 0 saturated heterocycles. The SMILES string of the molecule is Cc1ccc(C(C)NC(=O)NCC(CC(C)O)c2ccccc2)cc1. The Bertz CT molecular complexity index is 653. The van der Waals surface area contributed by atoms with E-state index in [2.05, 4.69) is 10.6 Å². The van der Waals surface area contributed by atoms with Crippen molar-refractivity contribution in [1.29, 1.82) is 0 Å². The van der Waals surface area contributed by atoms with Crippen molar-refractivity contribution in [2.75, 3.05) is 6.54 Å². The Morgan fingerprint density at radius 1 is 1.00 bits per heavy atom. The summed E-state index contributed by atoms with van der Waals surface area (Å²) in [5.41, 5.74) is 3.39. The van der Waals surface area contributed by atoms with E-state index in [-0.39, 0.29) is 18.0 Å². The molecule has 0 bridgehead atoms. The Morgan fingerprint density at radius 3 is 2.24 bits per heavy atom. The van der Waals surface area contributed by atoms with Crippen molar-refractivity contribution < 1.29 is 9.90 Å². The fourth-order valence-corrected chi connectivity index (χ4v) is 2.88. The molecule has 0 spiro atoms. The molecule has 0 fully saturated rings. The molecule has 3 unspecified atom stereocenters. The maximum Gasteiger partial charge on any atom is 0.315 e. The summed E-state index contributed by atoms with van der Waals surface area (Å²) < 4.78 is 0. The number of benzene rings is 2. The number of nitrogens with one attached hydrogen (secondary N) is 2. The highest BCUT2D eigenvalue weighted by Crippen LogP contribution is 2.20. The highest BCUT2D eigenvalue weighted by molar-refractivity contribution is 5.74. The lowest BCUT2D eigenvalue weighted by atomic mass is 9.93. The lowest BCUT2D eigenvalue weighted by Gasteiger charge is -2.21. The average molecular weight is 340 g/mol. The van der Waals surface area contributed by atoms with Crippen LogP contribution >= 0.6 is 0 Å². The first kappa shape index (κ1) is 19.0. The van der Waals surface area contributed by atoms with Gasteiger partial charge in [0, 0.05) is 12.5 Å². The van der Waals surface area contributed by atoms with E-state index in [4.69, 9.17) is 0 Å². The van der Waals surface area contributed by atoms with Gasteiger partial charge in [-0.25, -0.2) is 4.79 Å². The largest absolute Gasteiger partial charge is 0.393 e. The van der Waals surface area contributed by atoms with Crippen LogP contribution in [0.5, 0.6) is 0 Å². The van der Waals surface area contributed by atoms with E-state index in [0.29, 0.717) is 13.0 Å². The summed E-state index contributed by atoms with van der Waals surface area (Å²) in [6.07, 6.45) is 0.194. The first-order valence-electron chi connectivity index (χ1n) is 8.79. The van der Waals surface area contributed by atoms with Crippen LogP contribution in [0.25, 0.3) is 0 Å². The number of carbonyl (C=O) groups excluding carboxylic acids is 1. The molecule has 2 rings (SSSR count). The lowest BCUT2D eigenvalue weighted by Crippen LogP contribution is -2.39. The van der Waals surface area contributed by atoms with Gasteiger partial charge in [-0.2, -0.15) is 0 Å². The van der Waals surface area contributed by atoms with E-state index >= 15 is 0 Å². The first-order chi connectivity index (χ1) is 12.0. The third-order valence-electron chi connectivity index (χ3n) is 4.33. The molecule has 2 aromatic rings. The smallest absolute Gasteiger partial charge is 0.315 e. The standard InChI is InChI=1S/C21H28N2O2/c1-15-9-11-18(12-10-15)17(3)23-21(25)22-14-20(13-16(2)24)19-7-5-4-6-8-19/h4-12,16-17,20,24H,13-14H2,1-3H3,(H2,22,23,25). The van der Waals surface area contributed by atoms with Gasteiger partial charge in [0.05, 0.1) is 12.1 Å². The van der Waals surface area contributed by atoms with Crippen LogP contribution in [0, 0.1) is 6.92 Å². The molecule has 0 aliphatic heterocycles. The molecule has 0 radical (unpaired) electrons. The number of urea groups is 1. The highest BCUT2D eigenvalue weighted by atomic mass is 16.3. The van der Waals surface area contributed by atoms with Crippen LogP contribution in [0.4, 0.5) is 4.79 Å². The van der Waals surface area contributed by atoms with Crippen LogP contribution < -0.4 is 10.6 Å². The van der Waals surface area contributed by atoms with E-state index in [9.17, 15) is 9.90 Å². The Kier molecular flexibility index (Phi) is 7.02. The van der Waals surface area contributed by atoms with Crippen LogP contribution in [-0.2, 0) is 0 Å². The summed E-state index contributed by atoms with van der Waals surface area (Å²) in [5, 5.41) is 15.6. The molecule has 2 aromatic carbocycles. The number of hydrogen-bond donors (Lipinski definition) is 3. The molecular formula is C21H28N2O2. The predicted molar refractivity (Wildman–Crippen MR) is 102 cm³/mol. The van der Waals surface area contributed by atoms with E-state index in [1.54, 1.807) is 6.92 Å². The summed E-state index contributed by atoms with van der Waals surface area (Å²) in [6.45, 7) is 6.27. The van der Waals surface area contributed by atoms with Gasteiger partial charge in [-0.1, -0.05) is 60.2 Å². The second kappa shape index (κ2) is 9.23. The van der Waals surface area contributed by atoms with Gasteiger partial charge < -0.3 is 15.7 Å². The van der Waals surface area contributed by atoms with Gasteiger partial charge >= 0.3 is 6.03 Å². The molecule has 2 amide bonds. The van der Waals surface area contributed by atoms with Crippen molar-refractivity contribution in [1.82, 2.24) is 10.6 Å². The number of carbonyl (C=O) groups is 1. The van der Waals surface area contributed by atoms with E-state index < -0.39 is 6.10 Å². The Morgan fingerprint density at radius 2 is 1.64 bits per heavy atom. The van der Waals surface area contributed by atoms with Gasteiger partial charge in [-0.15, -0.1) is 0 Å². The van der Waals surface area contributed by atoms with Crippen molar-refractivity contribution in [2.45, 2.75) is 45.3 Å². The van der Waals surface area contributed by atoms with E-state index in [1.165, 1.54) is 5.56 Å². The summed E-state index contributed by atoms with van der Waals surface area (Å²) in [7, 11) is 0. The normalized spacial score (nSPS) is 14.4. The molecule has 3 N–H and O–H groups in total. The fourth-order valence-electron chi connectivity index (χ4n) is 2.88. The van der Waals surface area contributed by atoms with Gasteiger partial charge in [-0.3, -0.25) is 0 Å². The molecule has 0 aromatic heterocycles. The molecule has 4 nitrogen and oxygen atoms in total. The monoisotopic (exact) mass is 340 g/mol. The number of aliphatic hydroxyl groups is 1. The summed E-state index contributed by atoms with van der Waals surface area (Å²) in [6, 6.07) is 17.9. The third kappa shape index (κ3) is 6.24. The van der Waals surface area contributed by atoms with Crippen molar-refractivity contribution in [3.05, 3.63) is 71.3 Å². The summed E-state index contributed by atoms with van der Waals surface area (Å²) in [4.78, 5) is 12.2. The Hall–Kier alpha value is -2.33. The number of aliphatic hydroxyl groups excluding tert-OH is 1. The molecule has 0 aliphatic rings. The minimum atomic E-state index is -0.415. The quantitative estimate of drug-likeness (QED) is 0.715. The number of aryl methyl sites for hydroxylation is 1. The minimum Gasteiger partial charge on any atom is -0.393 e. The van der Waals surface area contributed by atoms with Gasteiger partial charge in [0.25, 0.3) is 0 Å². The maximum absolute atomic E-state index is 12.2. The molecule has 0 saturated carbocycles. The third-order valence-corrected chi connectivity index (χ3v) is 4.33. The zero-order valence-corrected chi connectivity index (χ0v) is 15.2. The van der Waals surface area contributed by atoms with E-state index in [1.807, 2.05) is 68.4 Å². The zero-order valence-electron chi connectivity index (χ0n) is 15.2. The van der Waals surface area contributed by atoms with Crippen LogP contribution in [0.3, 0.4) is 0 Å². The van der Waals surface area contributed by atoms with Crippen molar-refractivity contribution in [3.8, 4) is 0 Å². The maximum atomic E-state index is 12.2. The second-order valence-electron chi connectivity index (χ2n) is 6.68. The average Bonchev–Trinajstić information content (AvgIpc) is 2.59. The van der Waals surface area contributed by atoms with Crippen LogP contribution in [0.15, 0.2) is 54.6 Å². The molecule has 134 valence electrons. The number of rotatable bonds is 7. The van der Waals surface area contributed by atoms with Crippen LogP contribution in [0.1, 0.15) is 48.9 Å². The van der Waals surface area contributed by atoms with Crippen molar-refractivity contribution >= 4 is 6.03 Å². The topological polar surface area (TPSA) is 61.4 Å². The van der Waals surface area contributed by atoms with Gasteiger partial charge in [0.1, 0.15) is 0 Å². The predicted octanol–water partition coefficient (Wildman–Crippen LogP) is 3.91. The Balaban J connectivity index is 1.90. The zero-order chi connectivity index (χ0) is 18.2. The van der Waals surface area contributed by atoms with Crippen LogP contribution in [-0.4, -0.2) is 23.8 Å². The van der Waals surface area contributed by atoms with Crippen LogP contribution in [0.2, 0.25) is 0 Å². The molecule has 4 heteroatoms. The highest BCUT2D eigenvalue weighted by Gasteiger charge is 2.16. The molecule has 3 atom stereocenters. The first-order valence-corrected chi connectivity index (χ1v) is 8.79. The summed E-state index contributed by atoms with van der Waals surface area (Å²) in [5.74, 6) is 0.0848. The van der Waals surface area contributed by atoms with E-state index in [0.717, 1.165) is 11.1 Å². The Labute approximate surface area is 150 Å². The van der Waals surface area contributed by atoms with Gasteiger partial charge in [0.2, 0.25) is 0 Å². The number of amides is 2. The van der Waals surface area contributed by atoms with Gasteiger partial charge in [-0.05, 0) is 38.3 Å². The minimum absolute atomic E-state index is 0.0625. The summed E-state index contributed by atoms with van der Waals surface area (Å²) >= 11 is 0. The van der Waals surface area contributed by atoms with Crippen molar-refractivity contribution in [2.24, 2.45) is 0 Å². The number of hydrogen-bond acceptors (Lipinski definition) is 2. The van der Waals surface area contributed by atoms with Crippen molar-refractivity contribution in [3.63, 3.8) is 0 Å². The second-order valence-corrected chi connectivity index (χ2v) is 6.68. The molecule has 0 aliphatic carbocycles. The molecular weight excluding hydrogens is 312 g/mol. The van der Waals surface area contributed by atoms with Gasteiger partial charge in [0.15, 0.2) is 0 Å². The molecule has 25 heavy (non-hydrogen) atoms. The lowest BCUT2D eigenvalue weighted by molar-refractivity contribution is 0.173. The molecule has 0 heterocycles. The fraction of sp³-hybridized carbons (Fsp3) is 0.381.